The number of anilines is 3. The van der Waals surface area contributed by atoms with Crippen molar-refractivity contribution in [2.45, 2.75) is 11.9 Å². The number of carbonyl (C=O) groups excluding carboxylic acids is 1. The van der Waals surface area contributed by atoms with E-state index in [0.29, 0.717) is 10.7 Å². The number of carbonyl (C=O) groups is 1. The predicted molar refractivity (Wildman–Crippen MR) is 135 cm³/mol. The zero-order valence-corrected chi connectivity index (χ0v) is 20.2. The third kappa shape index (κ3) is 5.89. The van der Waals surface area contributed by atoms with Crippen LogP contribution in [0.5, 0.6) is 5.75 Å². The zero-order chi connectivity index (χ0) is 23.2. The first-order chi connectivity index (χ1) is 16.0. The van der Waals surface area contributed by atoms with Gasteiger partial charge >= 0.3 is 0 Å². The predicted octanol–water partition coefficient (Wildman–Crippen LogP) is 4.50. The Morgan fingerprint density at radius 2 is 1.76 bits per heavy atom. The van der Waals surface area contributed by atoms with Gasteiger partial charge in [0.15, 0.2) is 5.82 Å². The Labute approximate surface area is 203 Å². The van der Waals surface area contributed by atoms with Gasteiger partial charge in [0, 0.05) is 44.3 Å². The van der Waals surface area contributed by atoms with E-state index in [-0.39, 0.29) is 11.7 Å². The molecule has 1 aromatic heterocycles. The van der Waals surface area contributed by atoms with Crippen LogP contribution < -0.4 is 19.9 Å². The van der Waals surface area contributed by atoms with Gasteiger partial charge in [-0.05, 0) is 48.9 Å². The molecule has 1 aliphatic heterocycles. The maximum atomic E-state index is 12.5. The van der Waals surface area contributed by atoms with Crippen molar-refractivity contribution in [3.05, 3.63) is 65.4 Å². The molecule has 1 N–H and O–H groups in total. The number of aryl methyl sites for hydroxylation is 1. The lowest BCUT2D eigenvalue weighted by Gasteiger charge is -2.37. The molecule has 1 fully saturated rings. The first-order valence-corrected chi connectivity index (χ1v) is 12.0. The molecular formula is C24H26ClN5O2S. The normalized spacial score (nSPS) is 13.7. The van der Waals surface area contributed by atoms with Crippen molar-refractivity contribution in [3.63, 3.8) is 0 Å². The summed E-state index contributed by atoms with van der Waals surface area (Å²) in [5.74, 6) is 1.76. The fourth-order valence-corrected chi connectivity index (χ4v) is 4.72. The Hall–Kier alpha value is -2.97. The van der Waals surface area contributed by atoms with Gasteiger partial charge < -0.3 is 19.9 Å². The summed E-state index contributed by atoms with van der Waals surface area (Å²) in [6.07, 6.45) is 3.36. The zero-order valence-electron chi connectivity index (χ0n) is 18.6. The number of amides is 1. The van der Waals surface area contributed by atoms with Crippen molar-refractivity contribution in [3.8, 4) is 5.75 Å². The molecule has 0 radical (unpaired) electrons. The fourth-order valence-electron chi connectivity index (χ4n) is 3.65. The Kier molecular flexibility index (Phi) is 7.57. The van der Waals surface area contributed by atoms with E-state index < -0.39 is 0 Å². The average Bonchev–Trinajstić information content (AvgIpc) is 2.85. The molecule has 1 aliphatic rings. The van der Waals surface area contributed by atoms with E-state index >= 15 is 0 Å². The van der Waals surface area contributed by atoms with Gasteiger partial charge in [0.2, 0.25) is 5.91 Å². The molecule has 0 aliphatic carbocycles. The number of rotatable bonds is 7. The highest BCUT2D eigenvalue weighted by molar-refractivity contribution is 8.00. The van der Waals surface area contributed by atoms with Crippen LogP contribution in [0.1, 0.15) is 5.56 Å². The Bertz CT molecular complexity index is 1100. The van der Waals surface area contributed by atoms with Crippen LogP contribution in [0.2, 0.25) is 5.02 Å². The van der Waals surface area contributed by atoms with Gasteiger partial charge in [-0.2, -0.15) is 0 Å². The lowest BCUT2D eigenvalue weighted by molar-refractivity contribution is -0.113. The number of aromatic nitrogens is 2. The Balaban J connectivity index is 1.35. The molecule has 1 saturated heterocycles. The second kappa shape index (κ2) is 10.8. The number of ether oxygens (including phenoxy) is 1. The maximum absolute atomic E-state index is 12.5. The lowest BCUT2D eigenvalue weighted by Crippen LogP contribution is -2.47. The summed E-state index contributed by atoms with van der Waals surface area (Å²) in [6.45, 7) is 5.35. The summed E-state index contributed by atoms with van der Waals surface area (Å²) in [4.78, 5) is 26.1. The van der Waals surface area contributed by atoms with Crippen molar-refractivity contribution in [1.29, 1.82) is 0 Å². The van der Waals surface area contributed by atoms with Gasteiger partial charge in [0.25, 0.3) is 0 Å². The molecule has 0 unspecified atom stereocenters. The highest BCUT2D eigenvalue weighted by Crippen LogP contribution is 2.29. The van der Waals surface area contributed by atoms with Crippen LogP contribution in [0.4, 0.5) is 17.2 Å². The average molecular weight is 484 g/mol. The molecule has 1 amide bonds. The molecule has 172 valence electrons. The topological polar surface area (TPSA) is 70.6 Å². The molecule has 9 heteroatoms. The fraction of sp³-hybridized carbons (Fsp3) is 0.292. The minimum Gasteiger partial charge on any atom is -0.497 e. The standard InChI is InChI=1S/C24H26ClN5O2S/c1-17-3-8-21(20(25)15-17)28-22(31)16-33-24-23(26-9-10-27-24)30-13-11-29(12-14-30)18-4-6-19(32-2)7-5-18/h3-10,15H,11-14,16H2,1-2H3,(H,28,31). The number of halogens is 1. The summed E-state index contributed by atoms with van der Waals surface area (Å²) < 4.78 is 5.25. The van der Waals surface area contributed by atoms with E-state index in [2.05, 4.69) is 37.2 Å². The number of benzene rings is 2. The van der Waals surface area contributed by atoms with E-state index in [0.717, 1.165) is 48.3 Å². The number of nitrogens with one attached hydrogen (secondary N) is 1. The largest absolute Gasteiger partial charge is 0.497 e. The highest BCUT2D eigenvalue weighted by Gasteiger charge is 2.22. The molecule has 0 spiro atoms. The quantitative estimate of drug-likeness (QED) is 0.496. The number of piperazine rings is 1. The minimum atomic E-state index is -0.133. The smallest absolute Gasteiger partial charge is 0.234 e. The molecule has 7 nitrogen and oxygen atoms in total. The van der Waals surface area contributed by atoms with Crippen LogP contribution in [-0.2, 0) is 4.79 Å². The summed E-state index contributed by atoms with van der Waals surface area (Å²) in [5.41, 5.74) is 2.83. The second-order valence-corrected chi connectivity index (χ2v) is 9.05. The van der Waals surface area contributed by atoms with E-state index in [9.17, 15) is 4.79 Å². The highest BCUT2D eigenvalue weighted by atomic mass is 35.5. The number of methoxy groups -OCH3 is 1. The summed E-state index contributed by atoms with van der Waals surface area (Å²) >= 11 is 7.61. The first kappa shape index (κ1) is 23.2. The summed E-state index contributed by atoms with van der Waals surface area (Å²) in [5, 5.41) is 4.15. The first-order valence-electron chi connectivity index (χ1n) is 10.7. The second-order valence-electron chi connectivity index (χ2n) is 7.68. The van der Waals surface area contributed by atoms with Crippen molar-refractivity contribution < 1.29 is 9.53 Å². The Morgan fingerprint density at radius 1 is 1.06 bits per heavy atom. The number of nitrogens with zero attached hydrogens (tertiary/aromatic N) is 4. The summed E-state index contributed by atoms with van der Waals surface area (Å²) in [6, 6.07) is 13.7. The molecule has 2 aromatic carbocycles. The van der Waals surface area contributed by atoms with Crippen LogP contribution in [0.15, 0.2) is 59.9 Å². The van der Waals surface area contributed by atoms with Crippen molar-refractivity contribution in [2.24, 2.45) is 0 Å². The third-order valence-corrected chi connectivity index (χ3v) is 6.68. The molecule has 0 saturated carbocycles. The molecule has 0 atom stereocenters. The molecule has 4 rings (SSSR count). The van der Waals surface area contributed by atoms with Gasteiger partial charge in [0.05, 0.1) is 23.6 Å². The van der Waals surface area contributed by atoms with Crippen molar-refractivity contribution in [1.82, 2.24) is 9.97 Å². The monoisotopic (exact) mass is 483 g/mol. The van der Waals surface area contributed by atoms with E-state index in [4.69, 9.17) is 16.3 Å². The van der Waals surface area contributed by atoms with Gasteiger partial charge in [0.1, 0.15) is 10.8 Å². The van der Waals surface area contributed by atoms with E-state index in [1.807, 2.05) is 37.3 Å². The van der Waals surface area contributed by atoms with Crippen LogP contribution in [0.25, 0.3) is 0 Å². The SMILES string of the molecule is COc1ccc(N2CCN(c3nccnc3SCC(=O)Nc3ccc(C)cc3Cl)CC2)cc1. The lowest BCUT2D eigenvalue weighted by atomic mass is 10.2. The number of thioether (sulfide) groups is 1. The number of hydrogen-bond acceptors (Lipinski definition) is 7. The van der Waals surface area contributed by atoms with Gasteiger partial charge in [-0.25, -0.2) is 9.97 Å². The van der Waals surface area contributed by atoms with Crippen LogP contribution in [0, 0.1) is 6.92 Å². The maximum Gasteiger partial charge on any atom is 0.234 e. The van der Waals surface area contributed by atoms with Crippen LogP contribution in [0.3, 0.4) is 0 Å². The molecule has 33 heavy (non-hydrogen) atoms. The third-order valence-electron chi connectivity index (χ3n) is 5.40. The van der Waals surface area contributed by atoms with Gasteiger partial charge in [-0.1, -0.05) is 29.4 Å². The van der Waals surface area contributed by atoms with Crippen molar-refractivity contribution in [2.75, 3.05) is 54.2 Å². The van der Waals surface area contributed by atoms with E-state index in [1.54, 1.807) is 19.5 Å². The minimum absolute atomic E-state index is 0.133. The van der Waals surface area contributed by atoms with Gasteiger partial charge in [-0.3, -0.25) is 4.79 Å². The molecule has 2 heterocycles. The van der Waals surface area contributed by atoms with Crippen molar-refractivity contribution >= 4 is 46.5 Å². The van der Waals surface area contributed by atoms with E-state index in [1.165, 1.54) is 17.4 Å². The molecule has 0 bridgehead atoms. The molecule has 3 aromatic rings. The van der Waals surface area contributed by atoms with Crippen LogP contribution in [-0.4, -0.2) is 54.9 Å². The summed E-state index contributed by atoms with van der Waals surface area (Å²) in [7, 11) is 1.67. The number of hydrogen-bond donors (Lipinski definition) is 1. The van der Waals surface area contributed by atoms with Gasteiger partial charge in [-0.15, -0.1) is 0 Å². The molecular weight excluding hydrogens is 458 g/mol. The Morgan fingerprint density at radius 3 is 2.45 bits per heavy atom. The van der Waals surface area contributed by atoms with Crippen LogP contribution >= 0.6 is 23.4 Å².